The quantitative estimate of drug-likeness (QED) is 0.839. The predicted octanol–water partition coefficient (Wildman–Crippen LogP) is 0.805. The fraction of sp³-hybridized carbons (Fsp3) is 0.667. The van der Waals surface area contributed by atoms with E-state index in [1.807, 2.05) is 0 Å². The van der Waals surface area contributed by atoms with Crippen LogP contribution in [0, 0.1) is 5.92 Å². The van der Waals surface area contributed by atoms with Crippen LogP contribution in [-0.4, -0.2) is 40.9 Å². The SMILES string of the molecule is NC(=O)c1cc2n(n1)CC(C(F)(F)COCC1CC1)O2. The van der Waals surface area contributed by atoms with Gasteiger partial charge in [0.1, 0.15) is 6.61 Å². The largest absolute Gasteiger partial charge is 0.466 e. The molecule has 6 nitrogen and oxygen atoms in total. The Balaban J connectivity index is 1.58. The number of nitrogens with zero attached hydrogens (tertiary/aromatic N) is 2. The highest BCUT2D eigenvalue weighted by atomic mass is 19.3. The van der Waals surface area contributed by atoms with Crippen LogP contribution >= 0.6 is 0 Å². The Morgan fingerprint density at radius 3 is 2.95 bits per heavy atom. The highest BCUT2D eigenvalue weighted by Crippen LogP contribution is 2.33. The monoisotopic (exact) mass is 287 g/mol. The van der Waals surface area contributed by atoms with Crippen LogP contribution in [0.2, 0.25) is 0 Å². The Morgan fingerprint density at radius 1 is 1.60 bits per heavy atom. The average molecular weight is 287 g/mol. The number of primary amides is 1. The predicted molar refractivity (Wildman–Crippen MR) is 63.7 cm³/mol. The maximum atomic E-state index is 13.9. The summed E-state index contributed by atoms with van der Waals surface area (Å²) in [6.45, 7) is -0.414. The molecule has 1 aliphatic heterocycles. The third-order valence-corrected chi connectivity index (χ3v) is 3.41. The van der Waals surface area contributed by atoms with Gasteiger partial charge in [-0.2, -0.15) is 13.9 Å². The van der Waals surface area contributed by atoms with E-state index in [2.05, 4.69) is 5.10 Å². The van der Waals surface area contributed by atoms with Crippen molar-refractivity contribution < 1.29 is 23.0 Å². The van der Waals surface area contributed by atoms with Crippen LogP contribution in [0.5, 0.6) is 5.88 Å². The molecule has 1 unspecified atom stereocenters. The van der Waals surface area contributed by atoms with Gasteiger partial charge >= 0.3 is 5.92 Å². The van der Waals surface area contributed by atoms with E-state index < -0.39 is 24.5 Å². The topological polar surface area (TPSA) is 79.4 Å². The molecule has 110 valence electrons. The van der Waals surface area contributed by atoms with Gasteiger partial charge in [0.25, 0.3) is 5.91 Å². The van der Waals surface area contributed by atoms with Crippen molar-refractivity contribution in [2.75, 3.05) is 13.2 Å². The second-order valence-electron chi connectivity index (χ2n) is 5.24. The molecule has 0 radical (unpaired) electrons. The van der Waals surface area contributed by atoms with E-state index in [4.69, 9.17) is 15.2 Å². The second kappa shape index (κ2) is 4.69. The number of carbonyl (C=O) groups is 1. The lowest BCUT2D eigenvalue weighted by Gasteiger charge is -2.21. The highest BCUT2D eigenvalue weighted by molar-refractivity contribution is 5.91. The minimum absolute atomic E-state index is 0.00625. The van der Waals surface area contributed by atoms with Gasteiger partial charge in [0, 0.05) is 12.7 Å². The lowest BCUT2D eigenvalue weighted by Crippen LogP contribution is -2.42. The maximum Gasteiger partial charge on any atom is 0.308 e. The van der Waals surface area contributed by atoms with Crippen molar-refractivity contribution in [1.82, 2.24) is 9.78 Å². The molecule has 0 spiro atoms. The van der Waals surface area contributed by atoms with Crippen molar-refractivity contribution in [3.63, 3.8) is 0 Å². The van der Waals surface area contributed by atoms with Crippen LogP contribution in [0.4, 0.5) is 8.78 Å². The zero-order valence-corrected chi connectivity index (χ0v) is 10.7. The van der Waals surface area contributed by atoms with Crippen LogP contribution in [0.3, 0.4) is 0 Å². The Morgan fingerprint density at radius 2 is 2.35 bits per heavy atom. The van der Waals surface area contributed by atoms with Crippen molar-refractivity contribution in [3.05, 3.63) is 11.8 Å². The standard InChI is InChI=1S/C12H15F2N3O3/c13-12(14,6-19-5-7-1-2-7)9-4-17-10(20-9)3-8(16-17)11(15)18/h3,7,9H,1-2,4-6H2,(H2,15,18). The van der Waals surface area contributed by atoms with Crippen molar-refractivity contribution in [3.8, 4) is 5.88 Å². The third-order valence-electron chi connectivity index (χ3n) is 3.41. The molecule has 0 saturated heterocycles. The molecular formula is C12H15F2N3O3. The van der Waals surface area contributed by atoms with Crippen molar-refractivity contribution in [2.45, 2.75) is 31.4 Å². The van der Waals surface area contributed by atoms with E-state index in [1.165, 1.54) is 10.7 Å². The van der Waals surface area contributed by atoms with Crippen LogP contribution < -0.4 is 10.5 Å². The summed E-state index contributed by atoms with van der Waals surface area (Å²) in [5.41, 5.74) is 5.06. The lowest BCUT2D eigenvalue weighted by atomic mass is 10.2. The molecule has 1 aromatic heterocycles. The number of amides is 1. The van der Waals surface area contributed by atoms with E-state index in [0.717, 1.165) is 12.8 Å². The number of hydrogen-bond acceptors (Lipinski definition) is 4. The summed E-state index contributed by atoms with van der Waals surface area (Å²) < 4.78 is 39.2. The lowest BCUT2D eigenvalue weighted by molar-refractivity contribution is -0.137. The molecule has 1 atom stereocenters. The Hall–Kier alpha value is -1.70. The summed E-state index contributed by atoms with van der Waals surface area (Å²) in [7, 11) is 0. The van der Waals surface area contributed by atoms with Crippen LogP contribution in [0.25, 0.3) is 0 Å². The normalized spacial score (nSPS) is 21.6. The first-order valence-electron chi connectivity index (χ1n) is 6.45. The van der Waals surface area contributed by atoms with Crippen molar-refractivity contribution in [1.29, 1.82) is 0 Å². The molecule has 3 rings (SSSR count). The first-order valence-corrected chi connectivity index (χ1v) is 6.45. The van der Waals surface area contributed by atoms with E-state index in [0.29, 0.717) is 12.5 Å². The van der Waals surface area contributed by atoms with Gasteiger partial charge in [-0.25, -0.2) is 4.68 Å². The highest BCUT2D eigenvalue weighted by Gasteiger charge is 2.46. The number of ether oxygens (including phenoxy) is 2. The number of nitrogens with two attached hydrogens (primary N) is 1. The number of hydrogen-bond donors (Lipinski definition) is 1. The smallest absolute Gasteiger partial charge is 0.308 e. The summed E-state index contributed by atoms with van der Waals surface area (Å²) in [6, 6.07) is 1.27. The van der Waals surface area contributed by atoms with E-state index in [-0.39, 0.29) is 18.1 Å². The summed E-state index contributed by atoms with van der Waals surface area (Å²) in [5, 5.41) is 3.82. The average Bonchev–Trinajstić information content (AvgIpc) is 2.95. The fourth-order valence-electron chi connectivity index (χ4n) is 2.04. The molecule has 20 heavy (non-hydrogen) atoms. The second-order valence-corrected chi connectivity index (χ2v) is 5.24. The fourth-order valence-corrected chi connectivity index (χ4v) is 2.04. The minimum Gasteiger partial charge on any atom is -0.466 e. The van der Waals surface area contributed by atoms with Crippen molar-refractivity contribution in [2.24, 2.45) is 11.7 Å². The van der Waals surface area contributed by atoms with Gasteiger partial charge in [-0.15, -0.1) is 0 Å². The maximum absolute atomic E-state index is 13.9. The zero-order valence-electron chi connectivity index (χ0n) is 10.7. The number of halogens is 2. The number of fused-ring (bicyclic) bond motifs is 1. The molecule has 2 heterocycles. The third kappa shape index (κ3) is 2.60. The molecule has 1 amide bonds. The van der Waals surface area contributed by atoms with Gasteiger partial charge in [0.15, 0.2) is 11.8 Å². The molecular weight excluding hydrogens is 272 g/mol. The van der Waals surface area contributed by atoms with E-state index in [1.54, 1.807) is 0 Å². The van der Waals surface area contributed by atoms with Crippen LogP contribution in [-0.2, 0) is 11.3 Å². The van der Waals surface area contributed by atoms with Crippen molar-refractivity contribution >= 4 is 5.91 Å². The summed E-state index contributed by atoms with van der Waals surface area (Å²) in [5.74, 6) is -3.25. The van der Waals surface area contributed by atoms with E-state index in [9.17, 15) is 13.6 Å². The van der Waals surface area contributed by atoms with Gasteiger partial charge in [0.05, 0.1) is 6.54 Å². The van der Waals surface area contributed by atoms with E-state index >= 15 is 0 Å². The van der Waals surface area contributed by atoms with Crippen LogP contribution in [0.15, 0.2) is 6.07 Å². The van der Waals surface area contributed by atoms with Gasteiger partial charge in [-0.1, -0.05) is 0 Å². The minimum atomic E-state index is -3.09. The van der Waals surface area contributed by atoms with Gasteiger partial charge in [0.2, 0.25) is 5.88 Å². The Kier molecular flexibility index (Phi) is 3.12. The first kappa shape index (κ1) is 13.3. The summed E-state index contributed by atoms with van der Waals surface area (Å²) >= 11 is 0. The Labute approximate surface area is 113 Å². The number of aromatic nitrogens is 2. The molecule has 1 aromatic rings. The van der Waals surface area contributed by atoms with Crippen LogP contribution in [0.1, 0.15) is 23.3 Å². The molecule has 2 N–H and O–H groups in total. The summed E-state index contributed by atoms with van der Waals surface area (Å²) in [6.07, 6.45) is 0.777. The zero-order chi connectivity index (χ0) is 14.3. The molecule has 0 aromatic carbocycles. The molecule has 1 fully saturated rings. The van der Waals surface area contributed by atoms with Gasteiger partial charge in [-0.3, -0.25) is 4.79 Å². The number of carbonyl (C=O) groups excluding carboxylic acids is 1. The number of alkyl halides is 2. The van der Waals surface area contributed by atoms with Gasteiger partial charge < -0.3 is 15.2 Å². The van der Waals surface area contributed by atoms with Gasteiger partial charge in [-0.05, 0) is 18.8 Å². The Bertz CT molecular complexity index is 505. The molecule has 1 saturated carbocycles. The number of rotatable bonds is 6. The summed E-state index contributed by atoms with van der Waals surface area (Å²) in [4.78, 5) is 10.9. The molecule has 2 aliphatic rings. The molecule has 8 heteroatoms. The molecule has 0 bridgehead atoms. The first-order chi connectivity index (χ1) is 9.45. The molecule has 1 aliphatic carbocycles.